The predicted molar refractivity (Wildman–Crippen MR) is 74.5 cm³/mol. The number of nitrogens with two attached hydrogens (primary N) is 1. The van der Waals surface area contributed by atoms with E-state index in [2.05, 4.69) is 9.88 Å². The number of thiazole rings is 1. The van der Waals surface area contributed by atoms with Crippen molar-refractivity contribution in [3.63, 3.8) is 0 Å². The van der Waals surface area contributed by atoms with Crippen LogP contribution in [-0.4, -0.2) is 22.0 Å². The standard InChI is InChI=1S/C13H17N3OS/c1-9-13(18-8-15-9)7-16(2)6-10-5-11(14)3-4-12(10)17/h3-5,8,17H,6-7,14H2,1-2H3. The second-order valence-electron chi connectivity index (χ2n) is 4.42. The van der Waals surface area contributed by atoms with Crippen LogP contribution in [0.4, 0.5) is 5.69 Å². The SMILES string of the molecule is Cc1ncsc1CN(C)Cc1cc(N)ccc1O. The Morgan fingerprint density at radius 3 is 2.83 bits per heavy atom. The first kappa shape index (κ1) is 12.9. The molecule has 1 aromatic carbocycles. The molecule has 0 aliphatic heterocycles. The van der Waals surface area contributed by atoms with Crippen molar-refractivity contribution < 1.29 is 5.11 Å². The van der Waals surface area contributed by atoms with Gasteiger partial charge in [0.1, 0.15) is 5.75 Å². The monoisotopic (exact) mass is 263 g/mol. The summed E-state index contributed by atoms with van der Waals surface area (Å²) in [5.41, 5.74) is 10.2. The van der Waals surface area contributed by atoms with E-state index in [-0.39, 0.29) is 5.75 Å². The molecule has 0 atom stereocenters. The topological polar surface area (TPSA) is 62.4 Å². The average molecular weight is 263 g/mol. The van der Waals surface area contributed by atoms with Gasteiger partial charge < -0.3 is 10.8 Å². The van der Waals surface area contributed by atoms with Crippen molar-refractivity contribution in [1.29, 1.82) is 0 Å². The molecule has 1 heterocycles. The Balaban J connectivity index is 2.05. The Hall–Kier alpha value is -1.59. The highest BCUT2D eigenvalue weighted by atomic mass is 32.1. The molecule has 2 aromatic rings. The fourth-order valence-corrected chi connectivity index (χ4v) is 2.66. The summed E-state index contributed by atoms with van der Waals surface area (Å²) < 4.78 is 0. The number of rotatable bonds is 4. The van der Waals surface area contributed by atoms with Crippen LogP contribution in [0, 0.1) is 6.92 Å². The van der Waals surface area contributed by atoms with Crippen LogP contribution in [0.3, 0.4) is 0 Å². The van der Waals surface area contributed by atoms with Gasteiger partial charge in [-0.05, 0) is 32.2 Å². The summed E-state index contributed by atoms with van der Waals surface area (Å²) in [5, 5.41) is 9.77. The van der Waals surface area contributed by atoms with Crippen molar-refractivity contribution in [2.75, 3.05) is 12.8 Å². The summed E-state index contributed by atoms with van der Waals surface area (Å²) in [6.45, 7) is 3.50. The van der Waals surface area contributed by atoms with Crippen LogP contribution in [-0.2, 0) is 13.1 Å². The van der Waals surface area contributed by atoms with Crippen molar-refractivity contribution in [3.05, 3.63) is 39.8 Å². The van der Waals surface area contributed by atoms with Gasteiger partial charge in [0.2, 0.25) is 0 Å². The summed E-state index contributed by atoms with van der Waals surface area (Å²) in [5.74, 6) is 0.289. The quantitative estimate of drug-likeness (QED) is 0.656. The molecule has 4 nitrogen and oxygen atoms in total. The van der Waals surface area contributed by atoms with Crippen molar-refractivity contribution in [3.8, 4) is 5.75 Å². The molecule has 0 saturated heterocycles. The minimum absolute atomic E-state index is 0.289. The van der Waals surface area contributed by atoms with Crippen molar-refractivity contribution in [1.82, 2.24) is 9.88 Å². The predicted octanol–water partition coefficient (Wildman–Crippen LogP) is 2.37. The molecule has 2 rings (SSSR count). The lowest BCUT2D eigenvalue weighted by molar-refractivity contribution is 0.314. The fraction of sp³-hybridized carbons (Fsp3) is 0.308. The first-order valence-electron chi connectivity index (χ1n) is 5.71. The molecule has 0 unspecified atom stereocenters. The second kappa shape index (κ2) is 5.37. The van der Waals surface area contributed by atoms with Gasteiger partial charge >= 0.3 is 0 Å². The molecule has 96 valence electrons. The summed E-state index contributed by atoms with van der Waals surface area (Å²) in [6.07, 6.45) is 0. The van der Waals surface area contributed by atoms with Crippen LogP contribution in [0.1, 0.15) is 16.1 Å². The molecule has 0 fully saturated rings. The zero-order chi connectivity index (χ0) is 13.1. The highest BCUT2D eigenvalue weighted by Gasteiger charge is 2.09. The maximum Gasteiger partial charge on any atom is 0.120 e. The third kappa shape index (κ3) is 3.00. The molecule has 0 aliphatic rings. The van der Waals surface area contributed by atoms with Crippen LogP contribution in [0.15, 0.2) is 23.7 Å². The maximum atomic E-state index is 9.77. The number of hydrogen-bond donors (Lipinski definition) is 2. The number of aryl methyl sites for hydroxylation is 1. The van der Waals surface area contributed by atoms with Crippen LogP contribution >= 0.6 is 11.3 Å². The molecule has 0 radical (unpaired) electrons. The molecule has 18 heavy (non-hydrogen) atoms. The van der Waals surface area contributed by atoms with Gasteiger partial charge in [-0.25, -0.2) is 4.98 Å². The number of phenols is 1. The normalized spacial score (nSPS) is 11.1. The number of nitrogens with zero attached hydrogens (tertiary/aromatic N) is 2. The largest absolute Gasteiger partial charge is 0.508 e. The smallest absolute Gasteiger partial charge is 0.120 e. The Kier molecular flexibility index (Phi) is 3.84. The summed E-state index contributed by atoms with van der Waals surface area (Å²) in [6, 6.07) is 5.15. The lowest BCUT2D eigenvalue weighted by Crippen LogP contribution is -2.17. The minimum atomic E-state index is 0.289. The van der Waals surface area contributed by atoms with Gasteiger partial charge in [0.05, 0.1) is 11.2 Å². The van der Waals surface area contributed by atoms with Crippen LogP contribution < -0.4 is 5.73 Å². The number of anilines is 1. The van der Waals surface area contributed by atoms with E-state index < -0.39 is 0 Å². The van der Waals surface area contributed by atoms with Gasteiger partial charge in [-0.2, -0.15) is 0 Å². The molecule has 1 aromatic heterocycles. The zero-order valence-electron chi connectivity index (χ0n) is 10.6. The van der Waals surface area contributed by atoms with Crippen LogP contribution in [0.5, 0.6) is 5.75 Å². The lowest BCUT2D eigenvalue weighted by Gasteiger charge is -2.17. The number of nitrogen functional groups attached to an aromatic ring is 1. The highest BCUT2D eigenvalue weighted by Crippen LogP contribution is 2.22. The lowest BCUT2D eigenvalue weighted by atomic mass is 10.1. The molecule has 0 aliphatic carbocycles. The van der Waals surface area contributed by atoms with Crippen molar-refractivity contribution >= 4 is 17.0 Å². The molecule has 0 saturated carbocycles. The minimum Gasteiger partial charge on any atom is -0.508 e. The van der Waals surface area contributed by atoms with Crippen molar-refractivity contribution in [2.24, 2.45) is 0 Å². The Morgan fingerprint density at radius 1 is 1.39 bits per heavy atom. The van der Waals surface area contributed by atoms with Gasteiger partial charge in [0, 0.05) is 29.2 Å². The van der Waals surface area contributed by atoms with E-state index in [9.17, 15) is 5.11 Å². The molecule has 0 spiro atoms. The second-order valence-corrected chi connectivity index (χ2v) is 5.36. The van der Waals surface area contributed by atoms with Gasteiger partial charge in [-0.3, -0.25) is 4.90 Å². The molecule has 0 amide bonds. The van der Waals surface area contributed by atoms with E-state index in [0.717, 1.165) is 17.8 Å². The number of aromatic nitrogens is 1. The molecule has 5 heteroatoms. The molecule has 3 N–H and O–H groups in total. The van der Waals surface area contributed by atoms with E-state index in [0.29, 0.717) is 12.2 Å². The van der Waals surface area contributed by atoms with Gasteiger partial charge in [-0.1, -0.05) is 0 Å². The van der Waals surface area contributed by atoms with E-state index in [1.807, 2.05) is 25.5 Å². The van der Waals surface area contributed by atoms with E-state index >= 15 is 0 Å². The summed E-state index contributed by atoms with van der Waals surface area (Å²) >= 11 is 1.66. The molecule has 0 bridgehead atoms. The van der Waals surface area contributed by atoms with Crippen molar-refractivity contribution in [2.45, 2.75) is 20.0 Å². The van der Waals surface area contributed by atoms with E-state index in [1.165, 1.54) is 4.88 Å². The fourth-order valence-electron chi connectivity index (χ4n) is 1.80. The van der Waals surface area contributed by atoms with E-state index in [4.69, 9.17) is 5.73 Å². The number of aromatic hydroxyl groups is 1. The number of hydrogen-bond acceptors (Lipinski definition) is 5. The number of benzene rings is 1. The average Bonchev–Trinajstić information content (AvgIpc) is 2.70. The summed E-state index contributed by atoms with van der Waals surface area (Å²) in [4.78, 5) is 7.62. The van der Waals surface area contributed by atoms with Crippen LogP contribution in [0.25, 0.3) is 0 Å². The zero-order valence-corrected chi connectivity index (χ0v) is 11.4. The molecular weight excluding hydrogens is 246 g/mol. The first-order chi connectivity index (χ1) is 8.56. The Bertz CT molecular complexity index is 539. The highest BCUT2D eigenvalue weighted by molar-refractivity contribution is 7.09. The maximum absolute atomic E-state index is 9.77. The third-order valence-electron chi connectivity index (χ3n) is 2.80. The van der Waals surface area contributed by atoms with E-state index in [1.54, 1.807) is 23.5 Å². The van der Waals surface area contributed by atoms with Gasteiger partial charge in [-0.15, -0.1) is 11.3 Å². The first-order valence-corrected chi connectivity index (χ1v) is 6.59. The Morgan fingerprint density at radius 2 is 2.17 bits per heavy atom. The third-order valence-corrected chi connectivity index (χ3v) is 3.72. The Labute approximate surface area is 111 Å². The van der Waals surface area contributed by atoms with Crippen LogP contribution in [0.2, 0.25) is 0 Å². The van der Waals surface area contributed by atoms with Gasteiger partial charge in [0.15, 0.2) is 0 Å². The summed E-state index contributed by atoms with van der Waals surface area (Å²) in [7, 11) is 2.02. The van der Waals surface area contributed by atoms with Gasteiger partial charge in [0.25, 0.3) is 0 Å². The number of phenolic OH excluding ortho intramolecular Hbond substituents is 1. The molecular formula is C13H17N3OS.